The van der Waals surface area contributed by atoms with Gasteiger partial charge in [0.2, 0.25) is 0 Å². The quantitative estimate of drug-likeness (QED) is 0.148. The highest BCUT2D eigenvalue weighted by Crippen LogP contribution is 2.36. The molecule has 1 heterocycles. The Morgan fingerprint density at radius 1 is 1.03 bits per heavy atom. The molecular weight excluding hydrogens is 606 g/mol. The van der Waals surface area contributed by atoms with Gasteiger partial charge in [0.1, 0.15) is 18.0 Å². The van der Waals surface area contributed by atoms with E-state index >= 15 is 0 Å². The zero-order chi connectivity index (χ0) is 26.5. The van der Waals surface area contributed by atoms with Crippen LogP contribution >= 0.6 is 34.8 Å². The predicted molar refractivity (Wildman–Crippen MR) is 153 cm³/mol. The lowest BCUT2D eigenvalue weighted by Crippen LogP contribution is -2.54. The van der Waals surface area contributed by atoms with Gasteiger partial charge in [0.15, 0.2) is 16.6 Å². The molecule has 3 aromatic carbocycles. The number of thiocarbonyl (C=S) groups is 1. The maximum Gasteiger partial charge on any atom is 0.270 e. The number of anilines is 1. The van der Waals surface area contributed by atoms with Crippen LogP contribution in [0.5, 0.6) is 11.5 Å². The van der Waals surface area contributed by atoms with Gasteiger partial charge in [0, 0.05) is 0 Å². The summed E-state index contributed by atoms with van der Waals surface area (Å²) in [6, 6.07) is 17.1. The number of rotatable bonds is 8. The van der Waals surface area contributed by atoms with Crippen molar-refractivity contribution in [1.29, 1.82) is 0 Å². The first-order valence-corrected chi connectivity index (χ1v) is 13.1. The predicted octanol–water partition coefficient (Wildman–Crippen LogP) is 5.80. The minimum Gasteiger partial charge on any atom is -0.490 e. The Morgan fingerprint density at radius 3 is 2.46 bits per heavy atom. The summed E-state index contributed by atoms with van der Waals surface area (Å²) >= 11 is 7.40. The average Bonchev–Trinajstić information content (AvgIpc) is 2.86. The number of carbonyl (C=O) groups is 2. The van der Waals surface area contributed by atoms with Gasteiger partial charge in [0.05, 0.1) is 15.9 Å². The number of hydrogen-bond donors (Lipinski definition) is 1. The van der Waals surface area contributed by atoms with Crippen LogP contribution in [0.4, 0.5) is 10.1 Å². The van der Waals surface area contributed by atoms with Gasteiger partial charge in [-0.25, -0.2) is 4.39 Å². The number of carbonyl (C=O) groups excluding carboxylic acids is 2. The van der Waals surface area contributed by atoms with E-state index in [-0.39, 0.29) is 23.1 Å². The molecule has 9 heteroatoms. The SMILES string of the molecule is CCOc1cc(/C=C2\C(=O)NC(=S)N(c3ccc(CC)cc3)C2=O)cc(I)c1OCc1cccc(F)c1. The fourth-order valence-electron chi connectivity index (χ4n) is 3.80. The normalized spacial score (nSPS) is 14.6. The highest BCUT2D eigenvalue weighted by Gasteiger charge is 2.34. The van der Waals surface area contributed by atoms with Gasteiger partial charge in [-0.1, -0.05) is 31.2 Å². The molecular formula is C28H24FIN2O4S. The minimum absolute atomic E-state index is 0.0297. The molecule has 2 amide bonds. The van der Waals surface area contributed by atoms with Gasteiger partial charge in [-0.15, -0.1) is 0 Å². The van der Waals surface area contributed by atoms with Crippen molar-refractivity contribution < 1.29 is 23.5 Å². The Hall–Kier alpha value is -3.31. The molecule has 0 bridgehead atoms. The lowest BCUT2D eigenvalue weighted by atomic mass is 10.1. The van der Waals surface area contributed by atoms with Crippen molar-refractivity contribution in [3.8, 4) is 11.5 Å². The summed E-state index contributed by atoms with van der Waals surface area (Å²) in [6.45, 7) is 4.41. The fourth-order valence-corrected chi connectivity index (χ4v) is 4.86. The van der Waals surface area contributed by atoms with Crippen molar-refractivity contribution in [2.75, 3.05) is 11.5 Å². The molecule has 0 aromatic heterocycles. The van der Waals surface area contributed by atoms with E-state index in [0.29, 0.717) is 38.5 Å². The van der Waals surface area contributed by atoms with Crippen LogP contribution in [-0.2, 0) is 22.6 Å². The summed E-state index contributed by atoms with van der Waals surface area (Å²) in [7, 11) is 0. The van der Waals surface area contributed by atoms with Gasteiger partial charge in [0.25, 0.3) is 11.8 Å². The summed E-state index contributed by atoms with van der Waals surface area (Å²) in [5.74, 6) is -0.489. The number of benzene rings is 3. The third-order valence-electron chi connectivity index (χ3n) is 5.62. The van der Waals surface area contributed by atoms with Crippen LogP contribution in [0.25, 0.3) is 6.08 Å². The van der Waals surface area contributed by atoms with E-state index in [2.05, 4.69) is 27.9 Å². The monoisotopic (exact) mass is 630 g/mol. The minimum atomic E-state index is -0.573. The summed E-state index contributed by atoms with van der Waals surface area (Å²) in [6.07, 6.45) is 2.37. The molecule has 0 radical (unpaired) electrons. The number of halogens is 2. The van der Waals surface area contributed by atoms with E-state index < -0.39 is 11.8 Å². The second-order valence-electron chi connectivity index (χ2n) is 8.16. The summed E-state index contributed by atoms with van der Waals surface area (Å²) in [5, 5.41) is 2.64. The molecule has 4 rings (SSSR count). The molecule has 190 valence electrons. The first-order chi connectivity index (χ1) is 17.8. The Balaban J connectivity index is 1.65. The highest BCUT2D eigenvalue weighted by molar-refractivity contribution is 14.1. The number of ether oxygens (including phenoxy) is 2. The number of amides is 2. The number of aryl methyl sites for hydroxylation is 1. The third kappa shape index (κ3) is 6.16. The van der Waals surface area contributed by atoms with E-state index in [4.69, 9.17) is 21.7 Å². The molecule has 3 aromatic rings. The average molecular weight is 630 g/mol. The van der Waals surface area contributed by atoms with Crippen molar-refractivity contribution in [2.45, 2.75) is 26.9 Å². The first-order valence-electron chi connectivity index (χ1n) is 11.6. The van der Waals surface area contributed by atoms with Gasteiger partial charge in [-0.05, 0) is 107 Å². The molecule has 0 saturated carbocycles. The molecule has 1 saturated heterocycles. The standard InChI is InChI=1S/C28H24FIN2O4S/c1-3-17-8-10-21(11-9-17)32-27(34)22(26(33)31-28(32)37)13-19-14-23(30)25(24(15-19)35-4-2)36-16-18-6-5-7-20(29)12-18/h5-15H,3-4,16H2,1-2H3,(H,31,33,37)/b22-13+. The van der Waals surface area contributed by atoms with E-state index in [1.54, 1.807) is 36.4 Å². The van der Waals surface area contributed by atoms with Crippen LogP contribution in [0.15, 0.2) is 66.2 Å². The van der Waals surface area contributed by atoms with E-state index in [0.717, 1.165) is 12.0 Å². The van der Waals surface area contributed by atoms with Crippen LogP contribution in [0.2, 0.25) is 0 Å². The van der Waals surface area contributed by atoms with Crippen molar-refractivity contribution >= 4 is 63.5 Å². The van der Waals surface area contributed by atoms with E-state index in [1.807, 2.05) is 26.0 Å². The molecule has 1 fully saturated rings. The number of nitrogens with one attached hydrogen (secondary N) is 1. The molecule has 6 nitrogen and oxygen atoms in total. The molecule has 0 spiro atoms. The smallest absolute Gasteiger partial charge is 0.270 e. The lowest BCUT2D eigenvalue weighted by molar-refractivity contribution is -0.122. The fraction of sp³-hybridized carbons (Fsp3) is 0.179. The molecule has 1 aliphatic rings. The Kier molecular flexibility index (Phi) is 8.55. The number of hydrogen-bond acceptors (Lipinski definition) is 5. The van der Waals surface area contributed by atoms with E-state index in [9.17, 15) is 14.0 Å². The highest BCUT2D eigenvalue weighted by atomic mass is 127. The second kappa shape index (κ2) is 11.8. The molecule has 1 N–H and O–H groups in total. The molecule has 37 heavy (non-hydrogen) atoms. The Bertz CT molecular complexity index is 1390. The Morgan fingerprint density at radius 2 is 1.78 bits per heavy atom. The first kappa shape index (κ1) is 26.7. The summed E-state index contributed by atoms with van der Waals surface area (Å²) < 4.78 is 26.0. The van der Waals surface area contributed by atoms with Crippen LogP contribution in [0, 0.1) is 9.39 Å². The van der Waals surface area contributed by atoms with Crippen LogP contribution in [0.1, 0.15) is 30.5 Å². The van der Waals surface area contributed by atoms with E-state index in [1.165, 1.54) is 23.1 Å². The van der Waals surface area contributed by atoms with Crippen molar-refractivity contribution in [1.82, 2.24) is 5.32 Å². The van der Waals surface area contributed by atoms with Crippen molar-refractivity contribution in [3.63, 3.8) is 0 Å². The van der Waals surface area contributed by atoms with Crippen molar-refractivity contribution in [2.24, 2.45) is 0 Å². The van der Waals surface area contributed by atoms with Crippen LogP contribution in [-0.4, -0.2) is 23.5 Å². The maximum absolute atomic E-state index is 13.5. The van der Waals surface area contributed by atoms with Crippen LogP contribution in [0.3, 0.4) is 0 Å². The van der Waals surface area contributed by atoms with Crippen LogP contribution < -0.4 is 19.7 Å². The topological polar surface area (TPSA) is 67.9 Å². The summed E-state index contributed by atoms with van der Waals surface area (Å²) in [4.78, 5) is 27.4. The zero-order valence-corrected chi connectivity index (χ0v) is 23.2. The molecule has 0 atom stereocenters. The van der Waals surface area contributed by atoms with Gasteiger partial charge in [-0.2, -0.15) is 0 Å². The molecule has 0 unspecified atom stereocenters. The van der Waals surface area contributed by atoms with Gasteiger partial charge < -0.3 is 9.47 Å². The molecule has 0 aliphatic carbocycles. The third-order valence-corrected chi connectivity index (χ3v) is 6.71. The number of nitrogens with zero attached hydrogens (tertiary/aromatic N) is 1. The second-order valence-corrected chi connectivity index (χ2v) is 9.71. The van der Waals surface area contributed by atoms with Crippen molar-refractivity contribution in [3.05, 3.63) is 92.3 Å². The lowest BCUT2D eigenvalue weighted by Gasteiger charge is -2.29. The van der Waals surface area contributed by atoms with Gasteiger partial charge in [-0.3, -0.25) is 19.8 Å². The summed E-state index contributed by atoms with van der Waals surface area (Å²) in [5.41, 5.74) is 2.90. The zero-order valence-electron chi connectivity index (χ0n) is 20.2. The molecule has 1 aliphatic heterocycles. The maximum atomic E-state index is 13.5. The Labute approximate surface area is 233 Å². The largest absolute Gasteiger partial charge is 0.490 e. The van der Waals surface area contributed by atoms with Gasteiger partial charge >= 0.3 is 0 Å².